The van der Waals surface area contributed by atoms with E-state index in [1.165, 1.54) is 0 Å². The molecule has 0 fully saturated rings. The van der Waals surface area contributed by atoms with Gasteiger partial charge < -0.3 is 19.5 Å². The van der Waals surface area contributed by atoms with Crippen molar-refractivity contribution in [1.29, 1.82) is 0 Å². The standard InChI is InChI=1S/C17H17NO4/c1-12-3-2-4-13(9-12)17(19)18-7-8-20-14-5-6-15-16(10-14)22-11-21-15/h2-6,9-10H,7-8,11H2,1H3,(H,18,19). The number of hydrogen-bond acceptors (Lipinski definition) is 4. The molecule has 0 spiro atoms. The van der Waals surface area contributed by atoms with Crippen molar-refractivity contribution >= 4 is 5.91 Å². The van der Waals surface area contributed by atoms with Crippen molar-refractivity contribution in [2.45, 2.75) is 6.92 Å². The lowest BCUT2D eigenvalue weighted by atomic mass is 10.1. The highest BCUT2D eigenvalue weighted by atomic mass is 16.7. The highest BCUT2D eigenvalue weighted by Gasteiger charge is 2.13. The Kier molecular flexibility index (Phi) is 4.14. The van der Waals surface area contributed by atoms with Crippen LogP contribution in [0, 0.1) is 6.92 Å². The number of carbonyl (C=O) groups is 1. The van der Waals surface area contributed by atoms with Gasteiger partial charge in [0.1, 0.15) is 12.4 Å². The van der Waals surface area contributed by atoms with Gasteiger partial charge in [0.2, 0.25) is 6.79 Å². The summed E-state index contributed by atoms with van der Waals surface area (Å²) in [7, 11) is 0. The van der Waals surface area contributed by atoms with Crippen LogP contribution in [0.5, 0.6) is 17.2 Å². The number of ether oxygens (including phenoxy) is 3. The molecule has 0 saturated carbocycles. The van der Waals surface area contributed by atoms with Gasteiger partial charge in [0, 0.05) is 11.6 Å². The van der Waals surface area contributed by atoms with Crippen LogP contribution in [0.3, 0.4) is 0 Å². The molecule has 3 rings (SSSR count). The first-order valence-electron chi connectivity index (χ1n) is 7.10. The van der Waals surface area contributed by atoms with Gasteiger partial charge in [-0.25, -0.2) is 0 Å². The van der Waals surface area contributed by atoms with Crippen molar-refractivity contribution in [3.8, 4) is 17.2 Å². The van der Waals surface area contributed by atoms with E-state index >= 15 is 0 Å². The van der Waals surface area contributed by atoms with E-state index in [-0.39, 0.29) is 12.7 Å². The van der Waals surface area contributed by atoms with Gasteiger partial charge in [-0.2, -0.15) is 0 Å². The van der Waals surface area contributed by atoms with Crippen molar-refractivity contribution in [3.63, 3.8) is 0 Å². The van der Waals surface area contributed by atoms with Gasteiger partial charge in [0.05, 0.1) is 6.54 Å². The fourth-order valence-corrected chi connectivity index (χ4v) is 2.19. The Morgan fingerprint density at radius 1 is 1.18 bits per heavy atom. The predicted octanol–water partition coefficient (Wildman–Crippen LogP) is 2.53. The SMILES string of the molecule is Cc1cccc(C(=O)NCCOc2ccc3c(c2)OCO3)c1. The molecule has 0 aliphatic carbocycles. The summed E-state index contributed by atoms with van der Waals surface area (Å²) < 4.78 is 16.1. The molecule has 1 N–H and O–H groups in total. The molecule has 0 saturated heterocycles. The first-order valence-corrected chi connectivity index (χ1v) is 7.10. The summed E-state index contributed by atoms with van der Waals surface area (Å²) in [6.07, 6.45) is 0. The van der Waals surface area contributed by atoms with Crippen molar-refractivity contribution < 1.29 is 19.0 Å². The summed E-state index contributed by atoms with van der Waals surface area (Å²) in [5.74, 6) is 1.99. The van der Waals surface area contributed by atoms with Gasteiger partial charge >= 0.3 is 0 Å². The molecular formula is C17H17NO4. The van der Waals surface area contributed by atoms with Crippen LogP contribution < -0.4 is 19.5 Å². The minimum atomic E-state index is -0.0991. The third-order valence-electron chi connectivity index (χ3n) is 3.28. The van der Waals surface area contributed by atoms with Crippen LogP contribution in [0.25, 0.3) is 0 Å². The molecule has 0 unspecified atom stereocenters. The molecule has 114 valence electrons. The number of nitrogens with one attached hydrogen (secondary N) is 1. The normalized spacial score (nSPS) is 12.0. The van der Waals surface area contributed by atoms with Crippen LogP contribution in [-0.2, 0) is 0 Å². The summed E-state index contributed by atoms with van der Waals surface area (Å²) in [4.78, 5) is 12.0. The Morgan fingerprint density at radius 3 is 2.91 bits per heavy atom. The zero-order valence-corrected chi connectivity index (χ0v) is 12.3. The van der Waals surface area contributed by atoms with E-state index in [9.17, 15) is 4.79 Å². The Morgan fingerprint density at radius 2 is 2.05 bits per heavy atom. The molecule has 5 heteroatoms. The zero-order chi connectivity index (χ0) is 15.4. The van der Waals surface area contributed by atoms with Crippen molar-refractivity contribution in [2.24, 2.45) is 0 Å². The van der Waals surface area contributed by atoms with Crippen molar-refractivity contribution in [1.82, 2.24) is 5.32 Å². The Hall–Kier alpha value is -2.69. The Labute approximate surface area is 128 Å². The molecule has 0 bridgehead atoms. The highest BCUT2D eigenvalue weighted by molar-refractivity contribution is 5.94. The summed E-state index contributed by atoms with van der Waals surface area (Å²) in [6.45, 7) is 3.02. The van der Waals surface area contributed by atoms with Crippen molar-refractivity contribution in [2.75, 3.05) is 19.9 Å². The molecule has 1 amide bonds. The van der Waals surface area contributed by atoms with Gasteiger partial charge in [-0.3, -0.25) is 4.79 Å². The largest absolute Gasteiger partial charge is 0.492 e. The molecule has 22 heavy (non-hydrogen) atoms. The molecule has 0 radical (unpaired) electrons. The molecule has 0 atom stereocenters. The van der Waals surface area contributed by atoms with E-state index in [1.807, 2.05) is 37.3 Å². The fraction of sp³-hybridized carbons (Fsp3) is 0.235. The number of hydrogen-bond donors (Lipinski definition) is 1. The first-order chi connectivity index (χ1) is 10.7. The zero-order valence-electron chi connectivity index (χ0n) is 12.3. The summed E-state index contributed by atoms with van der Waals surface area (Å²) in [6, 6.07) is 12.9. The van der Waals surface area contributed by atoms with Crippen LogP contribution in [-0.4, -0.2) is 25.9 Å². The lowest BCUT2D eigenvalue weighted by Crippen LogP contribution is -2.28. The van der Waals surface area contributed by atoms with Crippen LogP contribution >= 0.6 is 0 Å². The molecule has 0 aromatic heterocycles. The number of carbonyl (C=O) groups excluding carboxylic acids is 1. The summed E-state index contributed by atoms with van der Waals surface area (Å²) in [5.41, 5.74) is 1.72. The second-order valence-corrected chi connectivity index (χ2v) is 4.99. The lowest BCUT2D eigenvalue weighted by molar-refractivity contribution is 0.0947. The van der Waals surface area contributed by atoms with Crippen LogP contribution in [0.2, 0.25) is 0 Å². The Bertz CT molecular complexity index is 684. The Balaban J connectivity index is 1.46. The minimum absolute atomic E-state index is 0.0991. The summed E-state index contributed by atoms with van der Waals surface area (Å²) >= 11 is 0. The van der Waals surface area contributed by atoms with Crippen molar-refractivity contribution in [3.05, 3.63) is 53.6 Å². The minimum Gasteiger partial charge on any atom is -0.492 e. The smallest absolute Gasteiger partial charge is 0.251 e. The third kappa shape index (κ3) is 3.31. The number of amides is 1. The maximum Gasteiger partial charge on any atom is 0.251 e. The lowest BCUT2D eigenvalue weighted by Gasteiger charge is -2.08. The second-order valence-electron chi connectivity index (χ2n) is 4.99. The topological polar surface area (TPSA) is 56.8 Å². The average molecular weight is 299 g/mol. The van der Waals surface area contributed by atoms with Gasteiger partial charge in [-0.15, -0.1) is 0 Å². The van der Waals surface area contributed by atoms with Gasteiger partial charge in [0.25, 0.3) is 5.91 Å². The van der Waals surface area contributed by atoms with E-state index in [1.54, 1.807) is 12.1 Å². The maximum atomic E-state index is 12.0. The molecule has 1 aliphatic rings. The van der Waals surface area contributed by atoms with Crippen LogP contribution in [0.1, 0.15) is 15.9 Å². The highest BCUT2D eigenvalue weighted by Crippen LogP contribution is 2.34. The molecule has 5 nitrogen and oxygen atoms in total. The van der Waals surface area contributed by atoms with Gasteiger partial charge in [-0.1, -0.05) is 17.7 Å². The molecule has 1 heterocycles. The van der Waals surface area contributed by atoms with Gasteiger partial charge in [-0.05, 0) is 31.2 Å². The second kappa shape index (κ2) is 6.39. The fourth-order valence-electron chi connectivity index (χ4n) is 2.19. The molecule has 1 aliphatic heterocycles. The van der Waals surface area contributed by atoms with E-state index < -0.39 is 0 Å². The average Bonchev–Trinajstić information content (AvgIpc) is 2.99. The maximum absolute atomic E-state index is 12.0. The van der Waals surface area contributed by atoms with E-state index in [0.717, 1.165) is 11.3 Å². The quantitative estimate of drug-likeness (QED) is 0.862. The predicted molar refractivity (Wildman–Crippen MR) is 81.6 cm³/mol. The molecule has 2 aromatic rings. The van der Waals surface area contributed by atoms with Gasteiger partial charge in [0.15, 0.2) is 11.5 Å². The van der Waals surface area contributed by atoms with Crippen LogP contribution in [0.4, 0.5) is 0 Å². The third-order valence-corrected chi connectivity index (χ3v) is 3.28. The summed E-state index contributed by atoms with van der Waals surface area (Å²) in [5, 5.41) is 2.83. The van der Waals surface area contributed by atoms with E-state index in [4.69, 9.17) is 14.2 Å². The van der Waals surface area contributed by atoms with E-state index in [0.29, 0.717) is 30.2 Å². The molecule has 2 aromatic carbocycles. The van der Waals surface area contributed by atoms with E-state index in [2.05, 4.69) is 5.32 Å². The molecular weight excluding hydrogens is 282 g/mol. The van der Waals surface area contributed by atoms with Crippen LogP contribution in [0.15, 0.2) is 42.5 Å². The number of aryl methyl sites for hydroxylation is 1. The number of benzene rings is 2. The number of fused-ring (bicyclic) bond motifs is 1. The first kappa shape index (κ1) is 14.3. The monoisotopic (exact) mass is 299 g/mol. The number of rotatable bonds is 5.